The molecular formula is C35H35F3N4O5S. The van der Waals surface area contributed by atoms with Gasteiger partial charge in [0.05, 0.1) is 12.0 Å². The largest absolute Gasteiger partial charge is 0.453 e. The third-order valence-electron chi connectivity index (χ3n) is 8.24. The van der Waals surface area contributed by atoms with E-state index in [4.69, 9.17) is 4.74 Å². The van der Waals surface area contributed by atoms with Crippen molar-refractivity contribution < 1.29 is 35.9 Å². The summed E-state index contributed by atoms with van der Waals surface area (Å²) in [4.78, 5) is 26.7. The van der Waals surface area contributed by atoms with Crippen LogP contribution in [0.5, 0.6) is 0 Å². The zero-order valence-electron chi connectivity index (χ0n) is 26.0. The number of nitrogens with zero attached hydrogens (tertiary/aromatic N) is 1. The molecule has 5 rings (SSSR count). The van der Waals surface area contributed by atoms with Crippen LogP contribution in [0.25, 0.3) is 0 Å². The van der Waals surface area contributed by atoms with Crippen molar-refractivity contribution in [3.63, 3.8) is 0 Å². The molecule has 0 radical (unpaired) electrons. The molecule has 1 unspecified atom stereocenters. The smallest absolute Gasteiger partial charge is 0.407 e. The van der Waals surface area contributed by atoms with Crippen molar-refractivity contribution in [3.8, 4) is 0 Å². The molecule has 3 N–H and O–H groups in total. The van der Waals surface area contributed by atoms with Crippen molar-refractivity contribution in [1.29, 1.82) is 0 Å². The SMILES string of the molecule is COC(=O)N[C@H](C(=O)Nc1cccc(F)c1CCC1CNCCN1S(=O)(=O)c1ccccc1)C(c1cccc(F)c1)c1cccc(F)c1. The Morgan fingerprint density at radius 2 is 1.56 bits per heavy atom. The van der Waals surface area contributed by atoms with Crippen molar-refractivity contribution >= 4 is 27.7 Å². The number of halogens is 3. The summed E-state index contributed by atoms with van der Waals surface area (Å²) in [5, 5.41) is 8.39. The van der Waals surface area contributed by atoms with E-state index in [0.717, 1.165) is 7.11 Å². The fourth-order valence-electron chi connectivity index (χ4n) is 5.95. The van der Waals surface area contributed by atoms with Crippen LogP contribution in [0.15, 0.2) is 102 Å². The highest BCUT2D eigenvalue weighted by Gasteiger charge is 2.35. The third-order valence-corrected chi connectivity index (χ3v) is 10.2. The summed E-state index contributed by atoms with van der Waals surface area (Å²) < 4.78 is 77.4. The lowest BCUT2D eigenvalue weighted by atomic mass is 9.84. The van der Waals surface area contributed by atoms with Gasteiger partial charge in [0.1, 0.15) is 23.5 Å². The summed E-state index contributed by atoms with van der Waals surface area (Å²) in [6.45, 7) is 1.03. The fourth-order valence-corrected chi connectivity index (χ4v) is 7.62. The van der Waals surface area contributed by atoms with Crippen molar-refractivity contribution in [2.24, 2.45) is 0 Å². The lowest BCUT2D eigenvalue weighted by molar-refractivity contribution is -0.118. The second kappa shape index (κ2) is 15.5. The molecule has 1 saturated heterocycles. The summed E-state index contributed by atoms with van der Waals surface area (Å²) in [6.07, 6.45) is -0.694. The van der Waals surface area contributed by atoms with Crippen LogP contribution in [0, 0.1) is 17.5 Å². The number of anilines is 1. The molecule has 2 amide bonds. The number of ether oxygens (including phenoxy) is 1. The quantitative estimate of drug-likeness (QED) is 0.201. The molecule has 1 fully saturated rings. The molecule has 0 spiro atoms. The summed E-state index contributed by atoms with van der Waals surface area (Å²) in [7, 11) is -2.72. The number of piperazine rings is 1. The molecular weight excluding hydrogens is 645 g/mol. The second-order valence-corrected chi connectivity index (χ2v) is 13.2. The number of sulfonamides is 1. The number of rotatable bonds is 11. The lowest BCUT2D eigenvalue weighted by Crippen LogP contribution is -2.53. The van der Waals surface area contributed by atoms with Crippen LogP contribution in [0.1, 0.15) is 29.0 Å². The van der Waals surface area contributed by atoms with Gasteiger partial charge in [0, 0.05) is 42.8 Å². The zero-order valence-corrected chi connectivity index (χ0v) is 26.9. The van der Waals surface area contributed by atoms with Gasteiger partial charge in [-0.2, -0.15) is 4.31 Å². The Balaban J connectivity index is 1.44. The van der Waals surface area contributed by atoms with Gasteiger partial charge >= 0.3 is 6.09 Å². The van der Waals surface area contributed by atoms with E-state index >= 15 is 4.39 Å². The molecule has 0 saturated carbocycles. The first-order valence-corrected chi connectivity index (χ1v) is 16.7. The summed E-state index contributed by atoms with van der Waals surface area (Å²) in [6, 6.07) is 20.9. The van der Waals surface area contributed by atoms with Crippen LogP contribution in [0.3, 0.4) is 0 Å². The highest BCUT2D eigenvalue weighted by atomic mass is 32.2. The van der Waals surface area contributed by atoms with Crippen LogP contribution < -0.4 is 16.0 Å². The average molecular weight is 681 g/mol. The normalized spacial score (nSPS) is 15.9. The maximum Gasteiger partial charge on any atom is 0.407 e. The molecule has 0 aromatic heterocycles. The monoisotopic (exact) mass is 680 g/mol. The second-order valence-electron chi connectivity index (χ2n) is 11.3. The van der Waals surface area contributed by atoms with Crippen LogP contribution in [-0.2, 0) is 26.0 Å². The molecule has 13 heteroatoms. The molecule has 1 heterocycles. The standard InChI is InChI=1S/C35H35F3N4O5S/c1-47-35(44)41-33(32(23-8-5-10-25(36)20-23)24-9-6-11-26(37)21-24)34(43)40-31-15-7-14-30(38)29(31)17-16-27-22-39-18-19-42(27)48(45,46)28-12-3-2-4-13-28/h2-15,20-21,27,32-33,39H,16-19,22H2,1H3,(H,40,43)(H,41,44)/t27?,33-/m0/s1. The third kappa shape index (κ3) is 8.04. The number of hydrogen-bond acceptors (Lipinski definition) is 6. The Kier molecular flexibility index (Phi) is 11.1. The minimum absolute atomic E-state index is 0.0573. The van der Waals surface area contributed by atoms with Crippen molar-refractivity contribution in [2.75, 3.05) is 32.1 Å². The molecule has 252 valence electrons. The van der Waals surface area contributed by atoms with Crippen molar-refractivity contribution in [2.45, 2.75) is 35.7 Å². The average Bonchev–Trinajstić information content (AvgIpc) is 3.08. The maximum absolute atomic E-state index is 15.4. The highest BCUT2D eigenvalue weighted by molar-refractivity contribution is 7.89. The topological polar surface area (TPSA) is 117 Å². The number of carbonyl (C=O) groups excluding carboxylic acids is 2. The molecule has 0 bridgehead atoms. The summed E-state index contributed by atoms with van der Waals surface area (Å²) in [5.41, 5.74) is 0.746. The number of alkyl carbamates (subject to hydrolysis) is 1. The van der Waals surface area contributed by atoms with Crippen molar-refractivity contribution in [1.82, 2.24) is 14.9 Å². The molecule has 0 aliphatic carbocycles. The van der Waals surface area contributed by atoms with Gasteiger partial charge in [-0.05, 0) is 72.5 Å². The Morgan fingerprint density at radius 3 is 2.19 bits per heavy atom. The van der Waals surface area contributed by atoms with Gasteiger partial charge in [-0.15, -0.1) is 0 Å². The summed E-state index contributed by atoms with van der Waals surface area (Å²) in [5.74, 6) is -3.74. The number of carbonyl (C=O) groups is 2. The van der Waals surface area contributed by atoms with Gasteiger partial charge in [-0.25, -0.2) is 26.4 Å². The van der Waals surface area contributed by atoms with Crippen molar-refractivity contribution in [3.05, 3.63) is 131 Å². The van der Waals surface area contributed by atoms with Gasteiger partial charge in [0.2, 0.25) is 15.9 Å². The first-order valence-electron chi connectivity index (χ1n) is 15.3. The Morgan fingerprint density at radius 1 is 0.917 bits per heavy atom. The van der Waals surface area contributed by atoms with E-state index in [2.05, 4.69) is 16.0 Å². The predicted octanol–water partition coefficient (Wildman–Crippen LogP) is 5.19. The Bertz CT molecular complexity index is 1820. The molecule has 48 heavy (non-hydrogen) atoms. The van der Waals surface area contributed by atoms with Gasteiger partial charge in [-0.3, -0.25) is 4.79 Å². The Labute approximate surface area is 277 Å². The van der Waals surface area contributed by atoms with Gasteiger partial charge in [-0.1, -0.05) is 48.5 Å². The number of nitrogens with one attached hydrogen (secondary N) is 3. The Hall–Kier alpha value is -4.72. The minimum atomic E-state index is -3.82. The molecule has 9 nitrogen and oxygen atoms in total. The number of benzene rings is 4. The minimum Gasteiger partial charge on any atom is -0.453 e. The van der Waals surface area contributed by atoms with E-state index in [-0.39, 0.29) is 46.7 Å². The van der Waals surface area contributed by atoms with Gasteiger partial charge in [0.15, 0.2) is 0 Å². The lowest BCUT2D eigenvalue weighted by Gasteiger charge is -2.35. The number of hydrogen-bond donors (Lipinski definition) is 3. The highest BCUT2D eigenvalue weighted by Crippen LogP contribution is 2.32. The molecule has 1 aliphatic rings. The fraction of sp³-hybridized carbons (Fsp3) is 0.257. The van der Waals surface area contributed by atoms with Crippen LogP contribution >= 0.6 is 0 Å². The van der Waals surface area contributed by atoms with E-state index in [1.165, 1.54) is 71.0 Å². The van der Waals surface area contributed by atoms with E-state index < -0.39 is 57.5 Å². The van der Waals surface area contributed by atoms with Crippen LogP contribution in [-0.4, -0.2) is 63.6 Å². The first kappa shape index (κ1) is 34.6. The van der Waals surface area contributed by atoms with Crippen LogP contribution in [0.2, 0.25) is 0 Å². The van der Waals surface area contributed by atoms with Crippen LogP contribution in [0.4, 0.5) is 23.7 Å². The molecule has 2 atom stereocenters. The molecule has 1 aliphatic heterocycles. The van der Waals surface area contributed by atoms with E-state index in [1.54, 1.807) is 30.3 Å². The molecule has 4 aromatic carbocycles. The molecule has 4 aromatic rings. The maximum atomic E-state index is 15.4. The van der Waals surface area contributed by atoms with E-state index in [9.17, 15) is 26.8 Å². The summed E-state index contributed by atoms with van der Waals surface area (Å²) >= 11 is 0. The number of methoxy groups -OCH3 is 1. The number of amides is 2. The van der Waals surface area contributed by atoms with Gasteiger partial charge < -0.3 is 20.7 Å². The van der Waals surface area contributed by atoms with Gasteiger partial charge in [0.25, 0.3) is 0 Å². The zero-order chi connectivity index (χ0) is 34.3. The first-order chi connectivity index (χ1) is 23.1. The van der Waals surface area contributed by atoms with E-state index in [0.29, 0.717) is 13.1 Å². The predicted molar refractivity (Wildman–Crippen MR) is 174 cm³/mol. The van der Waals surface area contributed by atoms with E-state index in [1.807, 2.05) is 0 Å².